The fraction of sp³-hybridized carbons (Fsp3) is 0.267. The summed E-state index contributed by atoms with van der Waals surface area (Å²) < 4.78 is 12.7. The van der Waals surface area contributed by atoms with Gasteiger partial charge in [-0.25, -0.2) is 4.98 Å². The van der Waals surface area contributed by atoms with E-state index in [2.05, 4.69) is 15.0 Å². The maximum atomic E-state index is 6.05. The molecule has 0 aliphatic carbocycles. The van der Waals surface area contributed by atoms with E-state index in [9.17, 15) is 0 Å². The molecule has 2 aromatic heterocycles. The summed E-state index contributed by atoms with van der Waals surface area (Å²) >= 11 is 6.05. The molecule has 2 heterocycles. The Kier molecular flexibility index (Phi) is 3.96. The molecule has 0 saturated heterocycles. The summed E-state index contributed by atoms with van der Waals surface area (Å²) in [5.74, 6) is 1.65. The number of imidazole rings is 1. The number of rotatable bonds is 4. The van der Waals surface area contributed by atoms with Crippen LogP contribution in [-0.2, 0) is 6.54 Å². The Morgan fingerprint density at radius 2 is 2.00 bits per heavy atom. The van der Waals surface area contributed by atoms with Crippen LogP contribution in [0.15, 0.2) is 18.5 Å². The molecule has 2 N–H and O–H groups in total. The fourth-order valence-electron chi connectivity index (χ4n) is 2.58. The average Bonchev–Trinajstić information content (AvgIpc) is 2.91. The molecule has 0 fully saturated rings. The smallest absolute Gasteiger partial charge is 0.223 e. The van der Waals surface area contributed by atoms with Gasteiger partial charge in [-0.15, -0.1) is 0 Å². The third-order valence-electron chi connectivity index (χ3n) is 3.64. The lowest BCUT2D eigenvalue weighted by Crippen LogP contribution is -2.05. The first-order valence-electron chi connectivity index (χ1n) is 6.89. The highest BCUT2D eigenvalue weighted by Crippen LogP contribution is 2.32. The molecule has 1 aromatic carbocycles. The van der Waals surface area contributed by atoms with Crippen LogP contribution in [0, 0.1) is 6.92 Å². The quantitative estimate of drug-likeness (QED) is 0.738. The van der Waals surface area contributed by atoms with Crippen LogP contribution in [0.25, 0.3) is 11.2 Å². The Morgan fingerprint density at radius 3 is 2.70 bits per heavy atom. The van der Waals surface area contributed by atoms with E-state index in [4.69, 9.17) is 26.8 Å². The van der Waals surface area contributed by atoms with Gasteiger partial charge in [0.25, 0.3) is 0 Å². The van der Waals surface area contributed by atoms with Crippen molar-refractivity contribution in [1.82, 2.24) is 19.5 Å². The summed E-state index contributed by atoms with van der Waals surface area (Å²) in [5, 5.41) is 0.240. The van der Waals surface area contributed by atoms with Crippen molar-refractivity contribution in [2.45, 2.75) is 13.5 Å². The average molecular weight is 334 g/mol. The van der Waals surface area contributed by atoms with Crippen molar-refractivity contribution < 1.29 is 9.47 Å². The summed E-state index contributed by atoms with van der Waals surface area (Å²) in [6, 6.07) is 3.85. The highest BCUT2D eigenvalue weighted by atomic mass is 35.5. The Morgan fingerprint density at radius 1 is 1.22 bits per heavy atom. The normalized spacial score (nSPS) is 11.0. The molecule has 3 aromatic rings. The second-order valence-corrected chi connectivity index (χ2v) is 5.36. The molecule has 23 heavy (non-hydrogen) atoms. The molecular formula is C15H16ClN5O2. The zero-order valence-corrected chi connectivity index (χ0v) is 13.8. The molecule has 0 radical (unpaired) electrons. The van der Waals surface area contributed by atoms with E-state index in [-0.39, 0.29) is 11.1 Å². The first kappa shape index (κ1) is 15.4. The molecule has 8 heteroatoms. The van der Waals surface area contributed by atoms with Crippen LogP contribution in [-0.4, -0.2) is 33.7 Å². The van der Waals surface area contributed by atoms with Gasteiger partial charge in [-0.2, -0.15) is 9.97 Å². The van der Waals surface area contributed by atoms with E-state index in [1.165, 1.54) is 0 Å². The van der Waals surface area contributed by atoms with Gasteiger partial charge < -0.3 is 19.8 Å². The van der Waals surface area contributed by atoms with Gasteiger partial charge in [0.1, 0.15) is 17.0 Å². The van der Waals surface area contributed by atoms with E-state index >= 15 is 0 Å². The number of nitrogen functional groups attached to an aromatic ring is 1. The molecule has 0 atom stereocenters. The third-order valence-corrected chi connectivity index (χ3v) is 3.90. The molecule has 0 unspecified atom stereocenters. The minimum absolute atomic E-state index is 0.113. The van der Waals surface area contributed by atoms with Crippen molar-refractivity contribution in [3.63, 3.8) is 0 Å². The molecule has 0 amide bonds. The van der Waals surface area contributed by atoms with Crippen LogP contribution in [0.1, 0.15) is 11.1 Å². The van der Waals surface area contributed by atoms with Gasteiger partial charge in [-0.3, -0.25) is 0 Å². The Balaban J connectivity index is 2.08. The van der Waals surface area contributed by atoms with Gasteiger partial charge in [0.15, 0.2) is 10.8 Å². The summed E-state index contributed by atoms with van der Waals surface area (Å²) in [7, 11) is 3.26. The van der Waals surface area contributed by atoms with Crippen molar-refractivity contribution >= 4 is 28.7 Å². The largest absolute Gasteiger partial charge is 0.496 e. The monoisotopic (exact) mass is 333 g/mol. The standard InChI is InChI=1S/C15H16ClN5O2/c1-8-10(22-2)5-4-9(12(8)23-3)6-21-7-18-11-13(16)19-15(17)20-14(11)21/h4-5,7H,6H2,1-3H3,(H2,17,19,20). The van der Waals surface area contributed by atoms with Crippen molar-refractivity contribution in [2.24, 2.45) is 0 Å². The highest BCUT2D eigenvalue weighted by Gasteiger charge is 2.15. The number of methoxy groups -OCH3 is 2. The molecule has 0 aliphatic heterocycles. The second-order valence-electron chi connectivity index (χ2n) is 5.00. The van der Waals surface area contributed by atoms with Gasteiger partial charge in [-0.1, -0.05) is 11.6 Å². The Labute approximate surface area is 138 Å². The Hall–Kier alpha value is -2.54. The number of nitrogens with two attached hydrogens (primary N) is 1. The number of ether oxygens (including phenoxy) is 2. The van der Waals surface area contributed by atoms with Crippen molar-refractivity contribution in [3.05, 3.63) is 34.7 Å². The van der Waals surface area contributed by atoms with Gasteiger partial charge in [0.05, 0.1) is 27.1 Å². The molecule has 7 nitrogen and oxygen atoms in total. The number of anilines is 1. The van der Waals surface area contributed by atoms with E-state index < -0.39 is 0 Å². The van der Waals surface area contributed by atoms with E-state index in [1.54, 1.807) is 20.5 Å². The fourth-order valence-corrected chi connectivity index (χ4v) is 2.80. The van der Waals surface area contributed by atoms with Crippen LogP contribution in [0.3, 0.4) is 0 Å². The van der Waals surface area contributed by atoms with Crippen LogP contribution in [0.4, 0.5) is 5.95 Å². The number of hydrogen-bond donors (Lipinski definition) is 1. The summed E-state index contributed by atoms with van der Waals surface area (Å²) in [5.41, 5.74) is 8.68. The Bertz CT molecular complexity index is 878. The molecule has 0 spiro atoms. The van der Waals surface area contributed by atoms with Gasteiger partial charge in [-0.05, 0) is 19.1 Å². The van der Waals surface area contributed by atoms with Crippen molar-refractivity contribution in [1.29, 1.82) is 0 Å². The van der Waals surface area contributed by atoms with E-state index in [1.807, 2.05) is 23.6 Å². The number of nitrogens with zero attached hydrogens (tertiary/aromatic N) is 4. The second kappa shape index (κ2) is 5.92. The molecular weight excluding hydrogens is 318 g/mol. The highest BCUT2D eigenvalue weighted by molar-refractivity contribution is 6.33. The molecule has 0 bridgehead atoms. The zero-order chi connectivity index (χ0) is 16.6. The lowest BCUT2D eigenvalue weighted by molar-refractivity contribution is 0.385. The van der Waals surface area contributed by atoms with Crippen molar-refractivity contribution in [2.75, 3.05) is 20.0 Å². The minimum Gasteiger partial charge on any atom is -0.496 e. The first-order valence-corrected chi connectivity index (χ1v) is 7.27. The van der Waals surface area contributed by atoms with Crippen LogP contribution in [0.5, 0.6) is 11.5 Å². The zero-order valence-electron chi connectivity index (χ0n) is 13.0. The predicted molar refractivity (Wildman–Crippen MR) is 88.1 cm³/mol. The van der Waals surface area contributed by atoms with Gasteiger partial charge >= 0.3 is 0 Å². The number of fused-ring (bicyclic) bond motifs is 1. The number of benzene rings is 1. The summed E-state index contributed by atoms with van der Waals surface area (Å²) in [4.78, 5) is 12.4. The van der Waals surface area contributed by atoms with Crippen LogP contribution < -0.4 is 15.2 Å². The van der Waals surface area contributed by atoms with Crippen LogP contribution >= 0.6 is 11.6 Å². The van der Waals surface area contributed by atoms with E-state index in [0.29, 0.717) is 17.7 Å². The molecule has 0 aliphatic rings. The predicted octanol–water partition coefficient (Wildman–Crippen LogP) is 2.44. The first-order chi connectivity index (χ1) is 11.0. The van der Waals surface area contributed by atoms with Gasteiger partial charge in [0.2, 0.25) is 5.95 Å². The summed E-state index contributed by atoms with van der Waals surface area (Å²) in [6.45, 7) is 2.46. The SMILES string of the molecule is COc1ccc(Cn2cnc3c(Cl)nc(N)nc32)c(OC)c1C. The number of hydrogen-bond acceptors (Lipinski definition) is 6. The summed E-state index contributed by atoms with van der Waals surface area (Å²) in [6.07, 6.45) is 1.66. The molecule has 0 saturated carbocycles. The molecule has 120 valence electrons. The number of halogens is 1. The van der Waals surface area contributed by atoms with Crippen LogP contribution in [0.2, 0.25) is 5.15 Å². The lowest BCUT2D eigenvalue weighted by Gasteiger charge is -2.15. The maximum absolute atomic E-state index is 6.05. The third kappa shape index (κ3) is 2.63. The van der Waals surface area contributed by atoms with E-state index in [0.717, 1.165) is 22.6 Å². The lowest BCUT2D eigenvalue weighted by atomic mass is 10.1. The minimum atomic E-state index is 0.113. The topological polar surface area (TPSA) is 88.1 Å². The maximum Gasteiger partial charge on any atom is 0.223 e. The number of aromatic nitrogens is 4. The van der Waals surface area contributed by atoms with Crippen molar-refractivity contribution in [3.8, 4) is 11.5 Å². The van der Waals surface area contributed by atoms with Gasteiger partial charge in [0, 0.05) is 11.1 Å². The molecule has 3 rings (SSSR count).